The summed E-state index contributed by atoms with van der Waals surface area (Å²) in [6.45, 7) is 0. The lowest BCUT2D eigenvalue weighted by atomic mass is 10.2. The lowest BCUT2D eigenvalue weighted by Gasteiger charge is -2.12. The summed E-state index contributed by atoms with van der Waals surface area (Å²) >= 11 is 1.63. The highest BCUT2D eigenvalue weighted by Crippen LogP contribution is 2.14. The van der Waals surface area contributed by atoms with Gasteiger partial charge >= 0.3 is 0 Å². The number of anilines is 1. The van der Waals surface area contributed by atoms with Crippen LogP contribution in [0.1, 0.15) is 6.42 Å². The normalized spacial score (nSPS) is 12.9. The number of sulfonamides is 1. The molecule has 0 bridgehead atoms. The molecule has 1 rings (SSSR count). The molecule has 0 aliphatic rings. The zero-order valence-corrected chi connectivity index (χ0v) is 13.1. The summed E-state index contributed by atoms with van der Waals surface area (Å²) < 4.78 is 25.3. The minimum atomic E-state index is -3.46. The number of amides is 1. The number of thioether (sulfide) groups is 1. The SMILES string of the molecule is CNS(=O)(=O)c1ccc(NC(=O)[C@@H](N)CCSC)cc1. The Kier molecular flexibility index (Phi) is 6.47. The number of hydrogen-bond donors (Lipinski definition) is 3. The van der Waals surface area contributed by atoms with Crippen molar-refractivity contribution in [1.29, 1.82) is 0 Å². The van der Waals surface area contributed by atoms with Crippen LogP contribution in [-0.2, 0) is 14.8 Å². The molecule has 0 spiro atoms. The average Bonchev–Trinajstić information content (AvgIpc) is 2.45. The standard InChI is InChI=1S/C12H19N3O3S2/c1-14-20(17,18)10-5-3-9(4-6-10)15-12(16)11(13)7-8-19-2/h3-6,11,14H,7-8,13H2,1-2H3,(H,15,16)/t11-/m0/s1. The molecule has 20 heavy (non-hydrogen) atoms. The third kappa shape index (κ3) is 4.78. The highest BCUT2D eigenvalue weighted by atomic mass is 32.2. The fraction of sp³-hybridized carbons (Fsp3) is 0.417. The van der Waals surface area contributed by atoms with E-state index in [0.29, 0.717) is 12.1 Å². The van der Waals surface area contributed by atoms with Gasteiger partial charge in [0.05, 0.1) is 10.9 Å². The fourth-order valence-corrected chi connectivity index (χ4v) is 2.67. The van der Waals surface area contributed by atoms with Crippen molar-refractivity contribution in [3.63, 3.8) is 0 Å². The first-order valence-electron chi connectivity index (χ1n) is 5.99. The monoisotopic (exact) mass is 317 g/mol. The van der Waals surface area contributed by atoms with Crippen molar-refractivity contribution in [1.82, 2.24) is 4.72 Å². The Morgan fingerprint density at radius 2 is 1.95 bits per heavy atom. The molecule has 1 aromatic rings. The molecule has 0 unspecified atom stereocenters. The minimum absolute atomic E-state index is 0.143. The zero-order valence-electron chi connectivity index (χ0n) is 11.4. The van der Waals surface area contributed by atoms with Crippen LogP contribution in [0, 0.1) is 0 Å². The number of carbonyl (C=O) groups excluding carboxylic acids is 1. The average molecular weight is 317 g/mol. The lowest BCUT2D eigenvalue weighted by Crippen LogP contribution is -2.36. The molecule has 4 N–H and O–H groups in total. The molecular formula is C12H19N3O3S2. The van der Waals surface area contributed by atoms with Crippen molar-refractivity contribution in [2.24, 2.45) is 5.73 Å². The summed E-state index contributed by atoms with van der Waals surface area (Å²) in [5.41, 5.74) is 6.26. The van der Waals surface area contributed by atoms with Crippen molar-refractivity contribution < 1.29 is 13.2 Å². The molecule has 0 aliphatic heterocycles. The second-order valence-electron chi connectivity index (χ2n) is 4.11. The van der Waals surface area contributed by atoms with Crippen LogP contribution >= 0.6 is 11.8 Å². The number of nitrogens with one attached hydrogen (secondary N) is 2. The minimum Gasteiger partial charge on any atom is -0.325 e. The van der Waals surface area contributed by atoms with Crippen molar-refractivity contribution in [3.8, 4) is 0 Å². The molecule has 0 radical (unpaired) electrons. The van der Waals surface area contributed by atoms with Crippen molar-refractivity contribution >= 4 is 33.4 Å². The topological polar surface area (TPSA) is 101 Å². The van der Waals surface area contributed by atoms with Crippen LogP contribution in [0.4, 0.5) is 5.69 Å². The quantitative estimate of drug-likeness (QED) is 0.684. The first kappa shape index (κ1) is 17.0. The van der Waals surface area contributed by atoms with E-state index in [0.717, 1.165) is 5.75 Å². The van der Waals surface area contributed by atoms with Crippen LogP contribution < -0.4 is 15.8 Å². The summed E-state index contributed by atoms with van der Waals surface area (Å²) in [5.74, 6) is 0.539. The molecule has 112 valence electrons. The summed E-state index contributed by atoms with van der Waals surface area (Å²) in [6, 6.07) is 5.35. The lowest BCUT2D eigenvalue weighted by molar-refractivity contribution is -0.117. The van der Waals surface area contributed by atoms with E-state index < -0.39 is 16.1 Å². The van der Waals surface area contributed by atoms with Gasteiger partial charge in [-0.3, -0.25) is 4.79 Å². The maximum Gasteiger partial charge on any atom is 0.241 e. The van der Waals surface area contributed by atoms with Gasteiger partial charge in [0.25, 0.3) is 0 Å². The Bertz CT molecular complexity index is 544. The summed E-state index contributed by atoms with van der Waals surface area (Å²) in [5, 5.41) is 2.66. The van der Waals surface area contributed by atoms with Gasteiger partial charge in [-0.1, -0.05) is 0 Å². The van der Waals surface area contributed by atoms with E-state index in [2.05, 4.69) is 10.0 Å². The maximum absolute atomic E-state index is 11.8. The number of carbonyl (C=O) groups is 1. The number of nitrogens with two attached hydrogens (primary N) is 1. The largest absolute Gasteiger partial charge is 0.325 e. The molecule has 0 aromatic heterocycles. The van der Waals surface area contributed by atoms with Gasteiger partial charge in [-0.25, -0.2) is 13.1 Å². The summed E-state index contributed by atoms with van der Waals surface area (Å²) in [6.07, 6.45) is 2.55. The van der Waals surface area contributed by atoms with Gasteiger partial charge in [0, 0.05) is 5.69 Å². The number of hydrogen-bond acceptors (Lipinski definition) is 5. The Labute approximate surface area is 123 Å². The fourth-order valence-electron chi connectivity index (χ4n) is 1.45. The zero-order chi connectivity index (χ0) is 15.2. The Hall–Kier alpha value is -1.09. The van der Waals surface area contributed by atoms with Crippen molar-refractivity contribution in [2.75, 3.05) is 24.4 Å². The number of benzene rings is 1. The molecule has 0 saturated heterocycles. The van der Waals surface area contributed by atoms with Crippen molar-refractivity contribution in [2.45, 2.75) is 17.4 Å². The Morgan fingerprint density at radius 1 is 1.35 bits per heavy atom. The maximum atomic E-state index is 11.8. The Morgan fingerprint density at radius 3 is 2.45 bits per heavy atom. The van der Waals surface area contributed by atoms with Gasteiger partial charge in [-0.15, -0.1) is 0 Å². The van der Waals surface area contributed by atoms with Crippen LogP contribution in [0.25, 0.3) is 0 Å². The summed E-state index contributed by atoms with van der Waals surface area (Å²) in [7, 11) is -2.12. The highest BCUT2D eigenvalue weighted by Gasteiger charge is 2.14. The van der Waals surface area contributed by atoms with Crippen LogP contribution in [-0.4, -0.2) is 39.4 Å². The number of rotatable bonds is 7. The smallest absolute Gasteiger partial charge is 0.241 e. The third-order valence-electron chi connectivity index (χ3n) is 2.67. The predicted molar refractivity (Wildman–Crippen MR) is 82.3 cm³/mol. The molecule has 0 fully saturated rings. The van der Waals surface area contributed by atoms with Gasteiger partial charge in [0.1, 0.15) is 0 Å². The van der Waals surface area contributed by atoms with Crippen molar-refractivity contribution in [3.05, 3.63) is 24.3 Å². The second-order valence-corrected chi connectivity index (χ2v) is 6.98. The molecule has 6 nitrogen and oxygen atoms in total. The Balaban J connectivity index is 2.68. The molecule has 0 aliphatic carbocycles. The van der Waals surface area contributed by atoms with E-state index >= 15 is 0 Å². The van der Waals surface area contributed by atoms with Crippen LogP contribution in [0.3, 0.4) is 0 Å². The van der Waals surface area contributed by atoms with Gasteiger partial charge in [-0.2, -0.15) is 11.8 Å². The van der Waals surface area contributed by atoms with Gasteiger partial charge in [0.15, 0.2) is 0 Å². The van der Waals surface area contributed by atoms with Crippen LogP contribution in [0.2, 0.25) is 0 Å². The molecular weight excluding hydrogens is 298 g/mol. The predicted octanol–water partition coefficient (Wildman–Crippen LogP) is 0.614. The molecule has 0 heterocycles. The van der Waals surface area contributed by atoms with E-state index in [1.807, 2.05) is 6.26 Å². The highest BCUT2D eigenvalue weighted by molar-refractivity contribution is 7.98. The van der Waals surface area contributed by atoms with Crippen LogP contribution in [0.5, 0.6) is 0 Å². The molecule has 1 amide bonds. The van der Waals surface area contributed by atoms with Gasteiger partial charge in [-0.05, 0) is 49.7 Å². The van der Waals surface area contributed by atoms with E-state index in [4.69, 9.17) is 5.73 Å². The first-order chi connectivity index (χ1) is 9.40. The van der Waals surface area contributed by atoms with E-state index in [9.17, 15) is 13.2 Å². The summed E-state index contributed by atoms with van der Waals surface area (Å²) in [4.78, 5) is 11.9. The second kappa shape index (κ2) is 7.63. The third-order valence-corrected chi connectivity index (χ3v) is 4.74. The van der Waals surface area contributed by atoms with Gasteiger partial charge < -0.3 is 11.1 Å². The molecule has 1 atom stereocenters. The van der Waals surface area contributed by atoms with E-state index in [-0.39, 0.29) is 10.8 Å². The molecule has 1 aromatic carbocycles. The molecule has 8 heteroatoms. The first-order valence-corrected chi connectivity index (χ1v) is 8.87. The van der Waals surface area contributed by atoms with Gasteiger partial charge in [0.2, 0.25) is 15.9 Å². The van der Waals surface area contributed by atoms with Crippen LogP contribution in [0.15, 0.2) is 29.2 Å². The molecule has 0 saturated carbocycles. The van der Waals surface area contributed by atoms with E-state index in [1.54, 1.807) is 11.8 Å². The van der Waals surface area contributed by atoms with E-state index in [1.165, 1.54) is 31.3 Å².